The van der Waals surface area contributed by atoms with E-state index in [-0.39, 0.29) is 11.3 Å². The highest BCUT2D eigenvalue weighted by Gasteiger charge is 2.24. The highest BCUT2D eigenvalue weighted by atomic mass is 32.1. The lowest BCUT2D eigenvalue weighted by atomic mass is 9.85. The summed E-state index contributed by atoms with van der Waals surface area (Å²) in [5.74, 6) is -0.284. The van der Waals surface area contributed by atoms with Crippen LogP contribution in [-0.2, 0) is 9.53 Å². The number of nitrogens with one attached hydrogen (secondary N) is 1. The Morgan fingerprint density at radius 3 is 2.50 bits per heavy atom. The van der Waals surface area contributed by atoms with Crippen molar-refractivity contribution in [2.24, 2.45) is 5.41 Å². The molecule has 1 aromatic rings. The second kappa shape index (κ2) is 8.47. The molecule has 0 bridgehead atoms. The van der Waals surface area contributed by atoms with Crippen LogP contribution < -0.4 is 5.32 Å². The van der Waals surface area contributed by atoms with Crippen molar-refractivity contribution in [3.63, 3.8) is 0 Å². The van der Waals surface area contributed by atoms with Crippen LogP contribution in [0.1, 0.15) is 76.0 Å². The summed E-state index contributed by atoms with van der Waals surface area (Å²) in [6, 6.07) is 1.86. The number of anilines is 1. The van der Waals surface area contributed by atoms with Crippen molar-refractivity contribution in [2.75, 3.05) is 11.9 Å². The molecule has 0 fully saturated rings. The van der Waals surface area contributed by atoms with E-state index < -0.39 is 5.97 Å². The molecule has 24 heavy (non-hydrogen) atoms. The SMILES string of the molecule is CC=C(C)C(=O)Nc1sc(C(C)CC(C)(C)C)cc1C(=O)OCC. The van der Waals surface area contributed by atoms with Gasteiger partial charge in [-0.25, -0.2) is 4.79 Å². The Hall–Kier alpha value is -1.62. The van der Waals surface area contributed by atoms with Gasteiger partial charge in [-0.3, -0.25) is 4.79 Å². The average Bonchev–Trinajstić information content (AvgIpc) is 2.89. The summed E-state index contributed by atoms with van der Waals surface area (Å²) in [5.41, 5.74) is 1.25. The van der Waals surface area contributed by atoms with Crippen LogP contribution >= 0.6 is 11.3 Å². The Kier molecular flexibility index (Phi) is 7.21. The predicted molar refractivity (Wildman–Crippen MR) is 101 cm³/mol. The van der Waals surface area contributed by atoms with Crippen LogP contribution in [0.15, 0.2) is 17.7 Å². The molecule has 1 heterocycles. The van der Waals surface area contributed by atoms with Gasteiger partial charge >= 0.3 is 5.97 Å². The number of amides is 1. The zero-order valence-electron chi connectivity index (χ0n) is 15.8. The summed E-state index contributed by atoms with van der Waals surface area (Å²) in [5, 5.41) is 3.41. The van der Waals surface area contributed by atoms with Crippen LogP contribution in [0.3, 0.4) is 0 Å². The van der Waals surface area contributed by atoms with Crippen molar-refractivity contribution in [2.45, 2.75) is 60.8 Å². The van der Waals surface area contributed by atoms with E-state index in [9.17, 15) is 9.59 Å². The van der Waals surface area contributed by atoms with Crippen molar-refractivity contribution in [1.82, 2.24) is 0 Å². The normalized spacial score (nSPS) is 13.5. The molecular formula is C19H29NO3S. The molecule has 1 amide bonds. The average molecular weight is 352 g/mol. The first-order valence-electron chi connectivity index (χ1n) is 8.34. The molecular weight excluding hydrogens is 322 g/mol. The molecule has 1 aromatic heterocycles. The molecule has 0 saturated heterocycles. The summed E-state index contributed by atoms with van der Waals surface area (Å²) in [7, 11) is 0. The minimum absolute atomic E-state index is 0.193. The third-order valence-corrected chi connectivity index (χ3v) is 4.95. The highest BCUT2D eigenvalue weighted by Crippen LogP contribution is 2.38. The van der Waals surface area contributed by atoms with E-state index in [1.165, 1.54) is 11.3 Å². The Morgan fingerprint density at radius 1 is 1.38 bits per heavy atom. The van der Waals surface area contributed by atoms with Gasteiger partial charge in [0.15, 0.2) is 0 Å². The van der Waals surface area contributed by atoms with Crippen LogP contribution in [0.4, 0.5) is 5.00 Å². The molecule has 1 unspecified atom stereocenters. The molecule has 134 valence electrons. The molecule has 1 N–H and O–H groups in total. The lowest BCUT2D eigenvalue weighted by Crippen LogP contribution is -2.14. The zero-order chi connectivity index (χ0) is 18.5. The van der Waals surface area contributed by atoms with Gasteiger partial charge < -0.3 is 10.1 Å². The first-order chi connectivity index (χ1) is 11.1. The summed E-state index contributed by atoms with van der Waals surface area (Å²) in [6.45, 7) is 14.4. The number of ether oxygens (including phenoxy) is 1. The van der Waals surface area contributed by atoms with Gasteiger partial charge in [0.2, 0.25) is 0 Å². The summed E-state index contributed by atoms with van der Waals surface area (Å²) >= 11 is 1.46. The molecule has 0 aromatic carbocycles. The summed E-state index contributed by atoms with van der Waals surface area (Å²) < 4.78 is 5.13. The Labute approximate surface area is 149 Å². The monoisotopic (exact) mass is 351 g/mol. The number of rotatable bonds is 6. The van der Waals surface area contributed by atoms with Crippen LogP contribution in [0.2, 0.25) is 0 Å². The minimum Gasteiger partial charge on any atom is -0.462 e. The van der Waals surface area contributed by atoms with Gasteiger partial charge in [-0.05, 0) is 44.6 Å². The number of carbonyl (C=O) groups is 2. The Morgan fingerprint density at radius 2 is 2.00 bits per heavy atom. The maximum atomic E-state index is 12.2. The molecule has 0 saturated carbocycles. The Balaban J connectivity index is 3.15. The van der Waals surface area contributed by atoms with Gasteiger partial charge in [-0.2, -0.15) is 0 Å². The van der Waals surface area contributed by atoms with Crippen molar-refractivity contribution in [3.05, 3.63) is 28.2 Å². The standard InChI is InChI=1S/C19H29NO3S/c1-8-12(3)16(21)20-17-14(18(22)23-9-2)10-15(24-17)13(4)11-19(5,6)7/h8,10,13H,9,11H2,1-7H3,(H,20,21). The first kappa shape index (κ1) is 20.4. The maximum Gasteiger partial charge on any atom is 0.341 e. The topological polar surface area (TPSA) is 55.4 Å². The second-order valence-electron chi connectivity index (χ2n) is 7.20. The fourth-order valence-electron chi connectivity index (χ4n) is 2.46. The summed E-state index contributed by atoms with van der Waals surface area (Å²) in [4.78, 5) is 25.5. The molecule has 5 heteroatoms. The van der Waals surface area contributed by atoms with E-state index in [0.717, 1.165) is 11.3 Å². The van der Waals surface area contributed by atoms with E-state index in [0.29, 0.717) is 28.7 Å². The number of esters is 1. The van der Waals surface area contributed by atoms with Crippen molar-refractivity contribution >= 4 is 28.2 Å². The lowest BCUT2D eigenvalue weighted by molar-refractivity contribution is -0.112. The molecule has 1 rings (SSSR count). The zero-order valence-corrected chi connectivity index (χ0v) is 16.6. The number of hydrogen-bond donors (Lipinski definition) is 1. The van der Waals surface area contributed by atoms with E-state index in [1.807, 2.05) is 13.0 Å². The van der Waals surface area contributed by atoms with Gasteiger partial charge in [-0.15, -0.1) is 11.3 Å². The van der Waals surface area contributed by atoms with Crippen LogP contribution in [0.25, 0.3) is 0 Å². The third-order valence-electron chi connectivity index (χ3n) is 3.67. The molecule has 0 spiro atoms. The fourth-order valence-corrected chi connectivity index (χ4v) is 3.55. The van der Waals surface area contributed by atoms with E-state index in [4.69, 9.17) is 4.74 Å². The smallest absolute Gasteiger partial charge is 0.341 e. The minimum atomic E-state index is -0.392. The molecule has 1 atom stereocenters. The fraction of sp³-hybridized carbons (Fsp3) is 0.579. The maximum absolute atomic E-state index is 12.2. The number of carbonyl (C=O) groups excluding carboxylic acids is 2. The lowest BCUT2D eigenvalue weighted by Gasteiger charge is -2.22. The number of allylic oxidation sites excluding steroid dienone is 1. The molecule has 0 aliphatic carbocycles. The number of thiophene rings is 1. The van der Waals surface area contributed by atoms with Gasteiger partial charge in [0.05, 0.1) is 12.2 Å². The number of hydrogen-bond acceptors (Lipinski definition) is 4. The quantitative estimate of drug-likeness (QED) is 0.554. The third kappa shape index (κ3) is 5.78. The molecule has 4 nitrogen and oxygen atoms in total. The van der Waals surface area contributed by atoms with Gasteiger partial charge in [0.1, 0.15) is 5.00 Å². The molecule has 0 radical (unpaired) electrons. The first-order valence-corrected chi connectivity index (χ1v) is 9.15. The van der Waals surface area contributed by atoms with Crippen molar-refractivity contribution in [3.8, 4) is 0 Å². The van der Waals surface area contributed by atoms with Crippen molar-refractivity contribution < 1.29 is 14.3 Å². The van der Waals surface area contributed by atoms with Gasteiger partial charge in [0.25, 0.3) is 5.91 Å². The van der Waals surface area contributed by atoms with Crippen molar-refractivity contribution in [1.29, 1.82) is 0 Å². The molecule has 0 aliphatic rings. The van der Waals surface area contributed by atoms with Gasteiger partial charge in [-0.1, -0.05) is 33.8 Å². The Bertz CT molecular complexity index is 623. The largest absolute Gasteiger partial charge is 0.462 e. The highest BCUT2D eigenvalue weighted by molar-refractivity contribution is 7.16. The van der Waals surface area contributed by atoms with Gasteiger partial charge in [0, 0.05) is 10.5 Å². The van der Waals surface area contributed by atoms with Crippen LogP contribution in [0, 0.1) is 5.41 Å². The molecule has 0 aliphatic heterocycles. The summed E-state index contributed by atoms with van der Waals surface area (Å²) in [6.07, 6.45) is 2.74. The van der Waals surface area contributed by atoms with E-state index >= 15 is 0 Å². The van der Waals surface area contributed by atoms with Crippen LogP contribution in [-0.4, -0.2) is 18.5 Å². The van der Waals surface area contributed by atoms with Crippen LogP contribution in [0.5, 0.6) is 0 Å². The predicted octanol–water partition coefficient (Wildman–Crippen LogP) is 5.37. The van der Waals surface area contributed by atoms with E-state index in [1.54, 1.807) is 19.9 Å². The van der Waals surface area contributed by atoms with E-state index in [2.05, 4.69) is 33.0 Å². The second-order valence-corrected chi connectivity index (χ2v) is 8.29.